The SMILES string of the molecule is CC1CCCN(C(=O)c2ccc(Nc3ccccc3)nn2)C1. The van der Waals surface area contributed by atoms with Gasteiger partial charge in [0.15, 0.2) is 11.5 Å². The number of hydrogen-bond acceptors (Lipinski definition) is 4. The molecule has 3 rings (SSSR count). The summed E-state index contributed by atoms with van der Waals surface area (Å²) in [4.78, 5) is 14.3. The number of hydrogen-bond donors (Lipinski definition) is 1. The summed E-state index contributed by atoms with van der Waals surface area (Å²) in [6.07, 6.45) is 2.25. The molecule has 1 atom stereocenters. The van der Waals surface area contributed by atoms with Crippen LogP contribution in [0, 0.1) is 5.92 Å². The summed E-state index contributed by atoms with van der Waals surface area (Å²) in [6.45, 7) is 3.80. The maximum atomic E-state index is 12.4. The Kier molecular flexibility index (Phi) is 4.32. The third-order valence-corrected chi connectivity index (χ3v) is 3.87. The monoisotopic (exact) mass is 296 g/mol. The van der Waals surface area contributed by atoms with Crippen molar-refractivity contribution >= 4 is 17.4 Å². The van der Waals surface area contributed by atoms with Crippen LogP contribution in [0.3, 0.4) is 0 Å². The van der Waals surface area contributed by atoms with Gasteiger partial charge in [-0.1, -0.05) is 25.1 Å². The van der Waals surface area contributed by atoms with Crippen molar-refractivity contribution in [2.75, 3.05) is 18.4 Å². The number of likely N-dealkylation sites (tertiary alicyclic amines) is 1. The number of aromatic nitrogens is 2. The van der Waals surface area contributed by atoms with Crippen molar-refractivity contribution in [2.24, 2.45) is 5.92 Å². The van der Waals surface area contributed by atoms with Gasteiger partial charge in [-0.25, -0.2) is 0 Å². The van der Waals surface area contributed by atoms with Gasteiger partial charge in [-0.3, -0.25) is 4.79 Å². The Bertz CT molecular complexity index is 627. The summed E-state index contributed by atoms with van der Waals surface area (Å²) in [5.74, 6) is 1.17. The van der Waals surface area contributed by atoms with E-state index < -0.39 is 0 Å². The van der Waals surface area contributed by atoms with Crippen LogP contribution in [0.2, 0.25) is 0 Å². The van der Waals surface area contributed by atoms with Crippen LogP contribution in [0.4, 0.5) is 11.5 Å². The van der Waals surface area contributed by atoms with Crippen LogP contribution < -0.4 is 5.32 Å². The molecule has 1 N–H and O–H groups in total. The van der Waals surface area contributed by atoms with Gasteiger partial charge in [0.25, 0.3) is 5.91 Å². The maximum absolute atomic E-state index is 12.4. The van der Waals surface area contributed by atoms with Gasteiger partial charge in [-0.05, 0) is 43.0 Å². The van der Waals surface area contributed by atoms with Gasteiger partial charge in [-0.15, -0.1) is 10.2 Å². The van der Waals surface area contributed by atoms with Gasteiger partial charge in [0.2, 0.25) is 0 Å². The second-order valence-electron chi connectivity index (χ2n) is 5.79. The number of anilines is 2. The minimum atomic E-state index is -0.0229. The lowest BCUT2D eigenvalue weighted by Gasteiger charge is -2.30. The van der Waals surface area contributed by atoms with Crippen molar-refractivity contribution in [1.82, 2.24) is 15.1 Å². The van der Waals surface area contributed by atoms with Crippen LogP contribution in [-0.2, 0) is 0 Å². The minimum Gasteiger partial charge on any atom is -0.339 e. The van der Waals surface area contributed by atoms with E-state index in [0.717, 1.165) is 25.2 Å². The quantitative estimate of drug-likeness (QED) is 0.945. The molecule has 114 valence electrons. The first-order chi connectivity index (χ1) is 10.7. The largest absolute Gasteiger partial charge is 0.339 e. The summed E-state index contributed by atoms with van der Waals surface area (Å²) in [5.41, 5.74) is 1.36. The fourth-order valence-electron chi connectivity index (χ4n) is 2.72. The summed E-state index contributed by atoms with van der Waals surface area (Å²) in [7, 11) is 0. The van der Waals surface area contributed by atoms with Crippen molar-refractivity contribution in [3.05, 3.63) is 48.2 Å². The van der Waals surface area contributed by atoms with E-state index in [9.17, 15) is 4.79 Å². The van der Waals surface area contributed by atoms with E-state index in [4.69, 9.17) is 0 Å². The number of nitrogens with zero attached hydrogens (tertiary/aromatic N) is 3. The molecule has 0 radical (unpaired) electrons. The highest BCUT2D eigenvalue weighted by molar-refractivity contribution is 5.92. The topological polar surface area (TPSA) is 58.1 Å². The Morgan fingerprint density at radius 3 is 2.68 bits per heavy atom. The number of para-hydroxylation sites is 1. The zero-order valence-corrected chi connectivity index (χ0v) is 12.7. The zero-order chi connectivity index (χ0) is 15.4. The fourth-order valence-corrected chi connectivity index (χ4v) is 2.72. The first kappa shape index (κ1) is 14.5. The van der Waals surface area contributed by atoms with E-state index in [-0.39, 0.29) is 5.91 Å². The van der Waals surface area contributed by atoms with Crippen LogP contribution in [0.1, 0.15) is 30.3 Å². The second kappa shape index (κ2) is 6.56. The van der Waals surface area contributed by atoms with Crippen molar-refractivity contribution in [2.45, 2.75) is 19.8 Å². The molecule has 1 unspecified atom stereocenters. The molecule has 2 heterocycles. The molecule has 22 heavy (non-hydrogen) atoms. The van der Waals surface area contributed by atoms with E-state index >= 15 is 0 Å². The van der Waals surface area contributed by atoms with Crippen molar-refractivity contribution in [3.8, 4) is 0 Å². The number of rotatable bonds is 3. The third kappa shape index (κ3) is 3.42. The number of nitrogens with one attached hydrogen (secondary N) is 1. The number of benzene rings is 1. The Balaban J connectivity index is 1.67. The van der Waals surface area contributed by atoms with Gasteiger partial charge in [0, 0.05) is 18.8 Å². The van der Waals surface area contributed by atoms with Crippen LogP contribution in [-0.4, -0.2) is 34.1 Å². The van der Waals surface area contributed by atoms with Gasteiger partial charge in [0.05, 0.1) is 0 Å². The van der Waals surface area contributed by atoms with Crippen molar-refractivity contribution in [3.63, 3.8) is 0 Å². The first-order valence-corrected chi connectivity index (χ1v) is 7.67. The molecule has 2 aromatic rings. The summed E-state index contributed by atoms with van der Waals surface area (Å²) in [6, 6.07) is 13.3. The van der Waals surface area contributed by atoms with E-state index in [1.165, 1.54) is 6.42 Å². The molecule has 1 aromatic carbocycles. The average Bonchev–Trinajstić information content (AvgIpc) is 2.56. The standard InChI is InChI=1S/C17H20N4O/c1-13-6-5-11-21(12-13)17(22)15-9-10-16(20-19-15)18-14-7-3-2-4-8-14/h2-4,7-10,13H,5-6,11-12H2,1H3,(H,18,20). The zero-order valence-electron chi connectivity index (χ0n) is 12.7. The number of amides is 1. The Morgan fingerprint density at radius 2 is 2.00 bits per heavy atom. The summed E-state index contributed by atoms with van der Waals surface area (Å²) in [5, 5.41) is 11.3. The highest BCUT2D eigenvalue weighted by Gasteiger charge is 2.23. The molecule has 0 spiro atoms. The van der Waals surface area contributed by atoms with Crippen LogP contribution in [0.15, 0.2) is 42.5 Å². The highest BCUT2D eigenvalue weighted by Crippen LogP contribution is 2.18. The Morgan fingerprint density at radius 1 is 1.18 bits per heavy atom. The van der Waals surface area contributed by atoms with Gasteiger partial charge in [0.1, 0.15) is 0 Å². The fraction of sp³-hybridized carbons (Fsp3) is 0.353. The Labute approximate surface area is 130 Å². The lowest BCUT2D eigenvalue weighted by molar-refractivity contribution is 0.0676. The lowest BCUT2D eigenvalue weighted by Crippen LogP contribution is -2.39. The molecule has 1 aliphatic rings. The van der Waals surface area contributed by atoms with Gasteiger partial charge in [-0.2, -0.15) is 0 Å². The molecule has 0 bridgehead atoms. The van der Waals surface area contributed by atoms with E-state index in [1.54, 1.807) is 12.1 Å². The third-order valence-electron chi connectivity index (χ3n) is 3.87. The maximum Gasteiger partial charge on any atom is 0.274 e. The smallest absolute Gasteiger partial charge is 0.274 e. The molecule has 1 amide bonds. The van der Waals surface area contributed by atoms with Crippen molar-refractivity contribution in [1.29, 1.82) is 0 Å². The summed E-state index contributed by atoms with van der Waals surface area (Å²) < 4.78 is 0. The minimum absolute atomic E-state index is 0.0229. The van der Waals surface area contributed by atoms with E-state index in [2.05, 4.69) is 22.4 Å². The second-order valence-corrected chi connectivity index (χ2v) is 5.79. The molecule has 1 fully saturated rings. The molecule has 5 nitrogen and oxygen atoms in total. The van der Waals surface area contributed by atoms with Gasteiger partial charge < -0.3 is 10.2 Å². The van der Waals surface area contributed by atoms with Crippen LogP contribution in [0.25, 0.3) is 0 Å². The Hall–Kier alpha value is -2.43. The van der Waals surface area contributed by atoms with E-state index in [0.29, 0.717) is 17.4 Å². The van der Waals surface area contributed by atoms with Gasteiger partial charge >= 0.3 is 0 Å². The predicted molar refractivity (Wildman–Crippen MR) is 86.1 cm³/mol. The molecule has 1 saturated heterocycles. The first-order valence-electron chi connectivity index (χ1n) is 7.67. The molecular weight excluding hydrogens is 276 g/mol. The molecule has 0 saturated carbocycles. The summed E-state index contributed by atoms with van der Waals surface area (Å²) >= 11 is 0. The molecule has 1 aromatic heterocycles. The van der Waals surface area contributed by atoms with Crippen LogP contribution in [0.5, 0.6) is 0 Å². The highest BCUT2D eigenvalue weighted by atomic mass is 16.2. The lowest BCUT2D eigenvalue weighted by atomic mass is 10.00. The molecule has 0 aliphatic carbocycles. The van der Waals surface area contributed by atoms with E-state index in [1.807, 2.05) is 35.2 Å². The predicted octanol–water partition coefficient (Wildman–Crippen LogP) is 3.09. The van der Waals surface area contributed by atoms with Crippen LogP contribution >= 0.6 is 0 Å². The number of carbonyl (C=O) groups excluding carboxylic acids is 1. The average molecular weight is 296 g/mol. The molecule has 1 aliphatic heterocycles. The molecular formula is C17H20N4O. The normalized spacial score (nSPS) is 18.0. The molecule has 5 heteroatoms. The van der Waals surface area contributed by atoms with Crippen molar-refractivity contribution < 1.29 is 4.79 Å². The number of carbonyl (C=O) groups is 1. The number of piperidine rings is 1.